The average molecular weight is 615 g/mol. The molecule has 0 aromatic heterocycles. The van der Waals surface area contributed by atoms with Gasteiger partial charge in [0.15, 0.2) is 0 Å². The van der Waals surface area contributed by atoms with E-state index in [1.807, 2.05) is 91.0 Å². The molecule has 0 atom stereocenters. The van der Waals surface area contributed by atoms with Gasteiger partial charge in [-0.3, -0.25) is 9.59 Å². The molecule has 0 unspecified atom stereocenters. The van der Waals surface area contributed by atoms with Crippen molar-refractivity contribution in [2.75, 3.05) is 0 Å². The molecule has 3 N–H and O–H groups in total. The number of nitrogens with one attached hydrogen (secondary N) is 1. The van der Waals surface area contributed by atoms with Crippen molar-refractivity contribution in [3.63, 3.8) is 0 Å². The average Bonchev–Trinajstić information content (AvgIpc) is 3.08. The number of nitrogens with zero attached hydrogens (tertiary/aromatic N) is 1. The zero-order valence-electron chi connectivity index (χ0n) is 24.6. The van der Waals surface area contributed by atoms with Gasteiger partial charge in [-0.25, -0.2) is 9.59 Å². The Kier molecular flexibility index (Phi) is 9.84. The van der Waals surface area contributed by atoms with Gasteiger partial charge in [-0.15, -0.1) is 0 Å². The Hall–Kier alpha value is -6.22. The topological polar surface area (TPSA) is 133 Å². The number of hydrogen-bond donors (Lipinski definition) is 3. The highest BCUT2D eigenvalue weighted by molar-refractivity contribution is 6.12. The number of carboxylic acids is 2. The Morgan fingerprint density at radius 2 is 1.00 bits per heavy atom. The number of carbonyl (C=O) groups excluding carboxylic acids is 2. The van der Waals surface area contributed by atoms with Crippen LogP contribution in [0.25, 0.3) is 0 Å². The van der Waals surface area contributed by atoms with Crippen molar-refractivity contribution in [2.45, 2.75) is 19.6 Å². The highest BCUT2D eigenvalue weighted by atomic mass is 16.5. The van der Waals surface area contributed by atoms with Gasteiger partial charge in [0.05, 0.1) is 22.3 Å². The molecule has 0 aliphatic heterocycles. The second-order valence-corrected chi connectivity index (χ2v) is 10.4. The third kappa shape index (κ3) is 7.83. The van der Waals surface area contributed by atoms with Crippen LogP contribution in [0.3, 0.4) is 0 Å². The SMILES string of the molecule is O=C(O)c1cc(C(=O)NCc2ccccc2)c(C(=O)N(Cc2ccccc2)Cc2ccc(Oc3ccccc3)cc2)cc1C(=O)O. The first-order chi connectivity index (χ1) is 22.3. The van der Waals surface area contributed by atoms with Gasteiger partial charge >= 0.3 is 11.9 Å². The third-order valence-corrected chi connectivity index (χ3v) is 7.17. The van der Waals surface area contributed by atoms with Crippen molar-refractivity contribution in [2.24, 2.45) is 0 Å². The zero-order chi connectivity index (χ0) is 32.5. The van der Waals surface area contributed by atoms with Crippen LogP contribution in [-0.2, 0) is 19.6 Å². The van der Waals surface area contributed by atoms with Gasteiger partial charge in [-0.2, -0.15) is 0 Å². The van der Waals surface area contributed by atoms with E-state index < -0.39 is 34.9 Å². The van der Waals surface area contributed by atoms with Crippen LogP contribution in [0.2, 0.25) is 0 Å². The lowest BCUT2D eigenvalue weighted by molar-refractivity contribution is 0.0649. The Morgan fingerprint density at radius 1 is 0.543 bits per heavy atom. The molecule has 0 saturated carbocycles. The van der Waals surface area contributed by atoms with Crippen LogP contribution in [0.4, 0.5) is 0 Å². The van der Waals surface area contributed by atoms with Crippen LogP contribution < -0.4 is 10.1 Å². The predicted octanol–water partition coefficient (Wildman–Crippen LogP) is 6.65. The van der Waals surface area contributed by atoms with Crippen molar-refractivity contribution in [1.82, 2.24) is 10.2 Å². The number of hydrogen-bond acceptors (Lipinski definition) is 5. The minimum Gasteiger partial charge on any atom is -0.478 e. The fourth-order valence-electron chi connectivity index (χ4n) is 4.87. The molecule has 0 bridgehead atoms. The molecule has 0 spiro atoms. The number of ether oxygens (including phenoxy) is 1. The molecule has 0 saturated heterocycles. The van der Waals surface area contributed by atoms with Crippen molar-refractivity contribution < 1.29 is 34.1 Å². The van der Waals surface area contributed by atoms with Gasteiger partial charge in [0.25, 0.3) is 11.8 Å². The summed E-state index contributed by atoms with van der Waals surface area (Å²) in [6.45, 7) is 0.352. The zero-order valence-corrected chi connectivity index (χ0v) is 24.6. The van der Waals surface area contributed by atoms with Crippen LogP contribution in [0.1, 0.15) is 58.1 Å². The Balaban J connectivity index is 1.50. The summed E-state index contributed by atoms with van der Waals surface area (Å²) >= 11 is 0. The lowest BCUT2D eigenvalue weighted by Crippen LogP contribution is -2.33. The minimum atomic E-state index is -1.54. The Bertz CT molecular complexity index is 1840. The standard InChI is InChI=1S/C37H30N2O7/c40-34(38-22-25-10-4-1-5-11-25)30-20-32(36(42)43)33(37(44)45)21-31(30)35(41)39(23-26-12-6-2-7-13-26)24-27-16-18-29(19-17-27)46-28-14-8-3-9-15-28/h1-21H,22-24H2,(H,38,40)(H,42,43)(H,44,45). The van der Waals surface area contributed by atoms with Crippen LogP contribution in [0.5, 0.6) is 11.5 Å². The normalized spacial score (nSPS) is 10.5. The Morgan fingerprint density at radius 3 is 1.54 bits per heavy atom. The molecular weight excluding hydrogens is 584 g/mol. The molecule has 9 nitrogen and oxygen atoms in total. The second kappa shape index (κ2) is 14.5. The maximum Gasteiger partial charge on any atom is 0.336 e. The van der Waals surface area contributed by atoms with E-state index in [4.69, 9.17) is 4.74 Å². The van der Waals surface area contributed by atoms with E-state index >= 15 is 0 Å². The quantitative estimate of drug-likeness (QED) is 0.143. The number of amides is 2. The minimum absolute atomic E-state index is 0.105. The van der Waals surface area contributed by atoms with Crippen LogP contribution >= 0.6 is 0 Å². The van der Waals surface area contributed by atoms with Crippen LogP contribution in [0, 0.1) is 0 Å². The lowest BCUT2D eigenvalue weighted by Gasteiger charge is -2.25. The van der Waals surface area contributed by atoms with Crippen LogP contribution in [-0.4, -0.2) is 38.9 Å². The van der Waals surface area contributed by atoms with Gasteiger partial charge in [0, 0.05) is 19.6 Å². The molecule has 2 amide bonds. The van der Waals surface area contributed by atoms with Gasteiger partial charge < -0.3 is 25.2 Å². The highest BCUT2D eigenvalue weighted by Crippen LogP contribution is 2.25. The summed E-state index contributed by atoms with van der Waals surface area (Å²) in [5.41, 5.74) is 0.668. The smallest absolute Gasteiger partial charge is 0.336 e. The van der Waals surface area contributed by atoms with Crippen molar-refractivity contribution >= 4 is 23.8 Å². The molecule has 5 aromatic carbocycles. The van der Waals surface area contributed by atoms with Gasteiger partial charge in [0.1, 0.15) is 11.5 Å². The largest absolute Gasteiger partial charge is 0.478 e. The molecule has 5 rings (SSSR count). The first-order valence-electron chi connectivity index (χ1n) is 14.4. The highest BCUT2D eigenvalue weighted by Gasteiger charge is 2.28. The lowest BCUT2D eigenvalue weighted by atomic mass is 9.96. The van der Waals surface area contributed by atoms with E-state index in [9.17, 15) is 29.4 Å². The van der Waals surface area contributed by atoms with E-state index in [1.165, 1.54) is 4.90 Å². The van der Waals surface area contributed by atoms with E-state index in [0.29, 0.717) is 11.5 Å². The maximum absolute atomic E-state index is 14.3. The summed E-state index contributed by atoms with van der Waals surface area (Å²) in [6, 6.07) is 36.7. The summed E-state index contributed by atoms with van der Waals surface area (Å²) in [5.74, 6) is -3.15. The number of carbonyl (C=O) groups is 4. The molecule has 0 aliphatic rings. The summed E-state index contributed by atoms with van der Waals surface area (Å²) in [5, 5.41) is 22.3. The Labute approximate surface area is 265 Å². The number of carboxylic acid groups (broad SMARTS) is 2. The van der Waals surface area contributed by atoms with Crippen molar-refractivity contribution in [3.05, 3.63) is 166 Å². The molecular formula is C37H30N2O7. The van der Waals surface area contributed by atoms with Gasteiger partial charge in [-0.1, -0.05) is 91.0 Å². The summed E-state index contributed by atoms with van der Waals surface area (Å²) in [7, 11) is 0. The number of benzene rings is 5. The fraction of sp³-hybridized carbons (Fsp3) is 0.0811. The molecule has 0 radical (unpaired) electrons. The molecule has 230 valence electrons. The number of para-hydroxylation sites is 1. The van der Waals surface area contributed by atoms with Crippen LogP contribution in [0.15, 0.2) is 127 Å². The summed E-state index contributed by atoms with van der Waals surface area (Å²) in [6.07, 6.45) is 0. The van der Waals surface area contributed by atoms with E-state index in [0.717, 1.165) is 28.8 Å². The molecule has 46 heavy (non-hydrogen) atoms. The van der Waals surface area contributed by atoms with E-state index in [1.54, 1.807) is 24.3 Å². The van der Waals surface area contributed by atoms with E-state index in [-0.39, 0.29) is 30.8 Å². The molecule has 0 heterocycles. The fourth-order valence-corrected chi connectivity index (χ4v) is 4.87. The van der Waals surface area contributed by atoms with Crippen molar-refractivity contribution in [3.8, 4) is 11.5 Å². The molecule has 9 heteroatoms. The summed E-state index contributed by atoms with van der Waals surface area (Å²) in [4.78, 5) is 53.4. The maximum atomic E-state index is 14.3. The number of rotatable bonds is 12. The molecule has 0 aliphatic carbocycles. The molecule has 5 aromatic rings. The first-order valence-corrected chi connectivity index (χ1v) is 14.4. The second-order valence-electron chi connectivity index (χ2n) is 10.4. The predicted molar refractivity (Wildman–Crippen MR) is 171 cm³/mol. The third-order valence-electron chi connectivity index (χ3n) is 7.17. The molecule has 0 fully saturated rings. The van der Waals surface area contributed by atoms with E-state index in [2.05, 4.69) is 5.32 Å². The van der Waals surface area contributed by atoms with Crippen molar-refractivity contribution in [1.29, 1.82) is 0 Å². The summed E-state index contributed by atoms with van der Waals surface area (Å²) < 4.78 is 5.89. The van der Waals surface area contributed by atoms with Gasteiger partial charge in [0.2, 0.25) is 0 Å². The number of aromatic carboxylic acids is 2. The monoisotopic (exact) mass is 614 g/mol. The first kappa shape index (κ1) is 31.2. The van der Waals surface area contributed by atoms with Gasteiger partial charge in [-0.05, 0) is 53.1 Å².